The molecule has 0 fully saturated rings. The van der Waals surface area contributed by atoms with Crippen LogP contribution in [0.5, 0.6) is 0 Å². The summed E-state index contributed by atoms with van der Waals surface area (Å²) < 4.78 is 5.20. The first kappa shape index (κ1) is 14.1. The van der Waals surface area contributed by atoms with Gasteiger partial charge in [0.15, 0.2) is 5.11 Å². The summed E-state index contributed by atoms with van der Waals surface area (Å²) in [5.74, 6) is 0.719. The van der Waals surface area contributed by atoms with Crippen LogP contribution < -0.4 is 16.0 Å². The van der Waals surface area contributed by atoms with E-state index in [0.29, 0.717) is 11.7 Å². The lowest BCUT2D eigenvalue weighted by atomic mass is 10.3. The summed E-state index contributed by atoms with van der Waals surface area (Å²) in [4.78, 5) is 10.9. The predicted molar refractivity (Wildman–Crippen MR) is 82.5 cm³/mol. The van der Waals surface area contributed by atoms with Crippen molar-refractivity contribution in [1.29, 1.82) is 0 Å². The monoisotopic (exact) mass is 289 g/mol. The number of benzene rings is 1. The second kappa shape index (κ2) is 6.72. The maximum absolute atomic E-state index is 10.9. The first-order valence-electron chi connectivity index (χ1n) is 6.08. The van der Waals surface area contributed by atoms with Gasteiger partial charge in [-0.05, 0) is 48.6 Å². The molecule has 0 spiro atoms. The van der Waals surface area contributed by atoms with Crippen molar-refractivity contribution < 1.29 is 9.21 Å². The zero-order valence-electron chi connectivity index (χ0n) is 11.0. The van der Waals surface area contributed by atoms with E-state index in [1.807, 2.05) is 24.3 Å². The Morgan fingerprint density at radius 2 is 1.80 bits per heavy atom. The van der Waals surface area contributed by atoms with Crippen molar-refractivity contribution in [2.45, 2.75) is 13.5 Å². The van der Waals surface area contributed by atoms with E-state index in [1.165, 1.54) is 6.92 Å². The van der Waals surface area contributed by atoms with Crippen LogP contribution in [-0.4, -0.2) is 11.0 Å². The average Bonchev–Trinajstić information content (AvgIpc) is 2.91. The number of carbonyl (C=O) groups is 1. The largest absolute Gasteiger partial charge is 0.467 e. The normalized spacial score (nSPS) is 9.85. The van der Waals surface area contributed by atoms with E-state index in [9.17, 15) is 4.79 Å². The number of rotatable bonds is 4. The topological polar surface area (TPSA) is 66.3 Å². The van der Waals surface area contributed by atoms with Crippen LogP contribution in [0, 0.1) is 0 Å². The van der Waals surface area contributed by atoms with E-state index in [2.05, 4.69) is 16.0 Å². The van der Waals surface area contributed by atoms with Gasteiger partial charge in [0.1, 0.15) is 5.76 Å². The van der Waals surface area contributed by atoms with Gasteiger partial charge in [0, 0.05) is 18.3 Å². The summed E-state index contributed by atoms with van der Waals surface area (Å²) in [5, 5.41) is 9.30. The molecular weight excluding hydrogens is 274 g/mol. The molecule has 5 nitrogen and oxygen atoms in total. The van der Waals surface area contributed by atoms with Gasteiger partial charge in [-0.25, -0.2) is 0 Å². The maximum Gasteiger partial charge on any atom is 0.221 e. The first-order chi connectivity index (χ1) is 9.63. The van der Waals surface area contributed by atoms with E-state index in [-0.39, 0.29) is 5.91 Å². The molecule has 1 heterocycles. The standard InChI is InChI=1S/C14H15N3O2S/c1-10(18)16-11-4-6-12(7-5-11)17-14(20)15-9-13-3-2-8-19-13/h2-8H,9H2,1H3,(H,16,18)(H2,15,17,20). The Hall–Kier alpha value is -2.34. The molecule has 0 saturated carbocycles. The lowest BCUT2D eigenvalue weighted by Crippen LogP contribution is -2.27. The minimum Gasteiger partial charge on any atom is -0.467 e. The third-order valence-electron chi connectivity index (χ3n) is 2.47. The molecule has 1 amide bonds. The molecular formula is C14H15N3O2S. The molecule has 0 aliphatic rings. The van der Waals surface area contributed by atoms with E-state index in [1.54, 1.807) is 18.4 Å². The molecule has 1 aromatic heterocycles. The highest BCUT2D eigenvalue weighted by atomic mass is 32.1. The van der Waals surface area contributed by atoms with Crippen molar-refractivity contribution in [1.82, 2.24) is 5.32 Å². The summed E-state index contributed by atoms with van der Waals surface area (Å²) in [6.45, 7) is 2.00. The van der Waals surface area contributed by atoms with Crippen molar-refractivity contribution in [3.63, 3.8) is 0 Å². The molecule has 0 aliphatic carbocycles. The fraction of sp³-hybridized carbons (Fsp3) is 0.143. The van der Waals surface area contributed by atoms with Gasteiger partial charge in [0.25, 0.3) is 0 Å². The second-order valence-corrected chi connectivity index (χ2v) is 4.55. The van der Waals surface area contributed by atoms with Crippen LogP contribution in [0.1, 0.15) is 12.7 Å². The molecule has 3 N–H and O–H groups in total. The minimum atomic E-state index is -0.0960. The zero-order chi connectivity index (χ0) is 14.4. The minimum absolute atomic E-state index is 0.0960. The molecule has 2 rings (SSSR count). The molecule has 0 aliphatic heterocycles. The van der Waals surface area contributed by atoms with Crippen molar-refractivity contribution in [2.75, 3.05) is 10.6 Å². The van der Waals surface area contributed by atoms with E-state index in [0.717, 1.165) is 17.1 Å². The fourth-order valence-electron chi connectivity index (χ4n) is 1.60. The Balaban J connectivity index is 1.83. The summed E-state index contributed by atoms with van der Waals surface area (Å²) >= 11 is 5.18. The number of hydrogen-bond acceptors (Lipinski definition) is 3. The third kappa shape index (κ3) is 4.40. The Labute approximate surface area is 122 Å². The fourth-order valence-corrected chi connectivity index (χ4v) is 1.79. The van der Waals surface area contributed by atoms with E-state index in [4.69, 9.17) is 16.6 Å². The highest BCUT2D eigenvalue weighted by Gasteiger charge is 2.00. The van der Waals surface area contributed by atoms with Gasteiger partial charge in [0.05, 0.1) is 12.8 Å². The number of furan rings is 1. The molecule has 0 bridgehead atoms. The van der Waals surface area contributed by atoms with Crippen LogP contribution in [0.15, 0.2) is 47.1 Å². The quantitative estimate of drug-likeness (QED) is 0.755. The molecule has 104 valence electrons. The number of nitrogens with one attached hydrogen (secondary N) is 3. The predicted octanol–water partition coefficient (Wildman–Crippen LogP) is 2.72. The Bertz CT molecular complexity index is 579. The highest BCUT2D eigenvalue weighted by molar-refractivity contribution is 7.80. The second-order valence-electron chi connectivity index (χ2n) is 4.15. The van der Waals surface area contributed by atoms with Crippen molar-refractivity contribution in [2.24, 2.45) is 0 Å². The van der Waals surface area contributed by atoms with Gasteiger partial charge in [-0.3, -0.25) is 4.79 Å². The lowest BCUT2D eigenvalue weighted by Gasteiger charge is -2.10. The van der Waals surface area contributed by atoms with Crippen molar-refractivity contribution >= 4 is 34.6 Å². The molecule has 20 heavy (non-hydrogen) atoms. The number of amides is 1. The average molecular weight is 289 g/mol. The van der Waals surface area contributed by atoms with Crippen LogP contribution in [0.3, 0.4) is 0 Å². The smallest absolute Gasteiger partial charge is 0.221 e. The Kier molecular flexibility index (Phi) is 4.73. The van der Waals surface area contributed by atoms with Gasteiger partial charge < -0.3 is 20.4 Å². The van der Waals surface area contributed by atoms with Crippen LogP contribution >= 0.6 is 12.2 Å². The van der Waals surface area contributed by atoms with Gasteiger partial charge in [-0.15, -0.1) is 0 Å². The van der Waals surface area contributed by atoms with Gasteiger partial charge in [-0.2, -0.15) is 0 Å². The van der Waals surface area contributed by atoms with Crippen LogP contribution in [0.4, 0.5) is 11.4 Å². The zero-order valence-corrected chi connectivity index (χ0v) is 11.8. The van der Waals surface area contributed by atoms with Crippen LogP contribution in [0.25, 0.3) is 0 Å². The van der Waals surface area contributed by atoms with E-state index < -0.39 is 0 Å². The van der Waals surface area contributed by atoms with Gasteiger partial charge >= 0.3 is 0 Å². The first-order valence-corrected chi connectivity index (χ1v) is 6.49. The van der Waals surface area contributed by atoms with Crippen molar-refractivity contribution in [3.8, 4) is 0 Å². The van der Waals surface area contributed by atoms with Crippen molar-refractivity contribution in [3.05, 3.63) is 48.4 Å². The summed E-state index contributed by atoms with van der Waals surface area (Å²) in [6.07, 6.45) is 1.62. The van der Waals surface area contributed by atoms with Crippen LogP contribution in [-0.2, 0) is 11.3 Å². The molecule has 0 saturated heterocycles. The maximum atomic E-state index is 10.9. The summed E-state index contributed by atoms with van der Waals surface area (Å²) in [5.41, 5.74) is 1.59. The molecule has 1 aromatic carbocycles. The Morgan fingerprint density at radius 1 is 1.15 bits per heavy atom. The summed E-state index contributed by atoms with van der Waals surface area (Å²) in [7, 11) is 0. The SMILES string of the molecule is CC(=O)Nc1ccc(NC(=S)NCc2ccco2)cc1. The molecule has 0 atom stereocenters. The molecule has 6 heteroatoms. The third-order valence-corrected chi connectivity index (χ3v) is 2.71. The molecule has 2 aromatic rings. The van der Waals surface area contributed by atoms with E-state index >= 15 is 0 Å². The van der Waals surface area contributed by atoms with Crippen LogP contribution in [0.2, 0.25) is 0 Å². The lowest BCUT2D eigenvalue weighted by molar-refractivity contribution is -0.114. The molecule has 0 radical (unpaired) electrons. The summed E-state index contributed by atoms with van der Waals surface area (Å²) in [6, 6.07) is 11.0. The number of anilines is 2. The number of thiocarbonyl (C=S) groups is 1. The highest BCUT2D eigenvalue weighted by Crippen LogP contribution is 2.13. The number of carbonyl (C=O) groups excluding carboxylic acids is 1. The molecule has 0 unspecified atom stereocenters. The van der Waals surface area contributed by atoms with Gasteiger partial charge in [0.2, 0.25) is 5.91 Å². The van der Waals surface area contributed by atoms with Gasteiger partial charge in [-0.1, -0.05) is 0 Å². The number of hydrogen-bond donors (Lipinski definition) is 3. The Morgan fingerprint density at radius 3 is 2.35 bits per heavy atom.